The molecule has 160 valence electrons. The number of likely N-dealkylation sites (N-methyl/N-ethyl adjacent to an activating group) is 1. The van der Waals surface area contributed by atoms with E-state index in [-0.39, 0.29) is 11.9 Å². The molecule has 0 N–H and O–H groups in total. The molecule has 0 unspecified atom stereocenters. The van der Waals surface area contributed by atoms with Crippen LogP contribution in [0.5, 0.6) is 5.75 Å². The number of amides is 1. The topological polar surface area (TPSA) is 45.1 Å². The number of nitrogens with zero attached hydrogens (tertiary/aromatic N) is 3. The van der Waals surface area contributed by atoms with Crippen molar-refractivity contribution in [3.63, 3.8) is 0 Å². The van der Waals surface area contributed by atoms with Gasteiger partial charge in [-0.1, -0.05) is 35.9 Å². The number of carbonyl (C=O) groups excluding carboxylic acids is 1. The first kappa shape index (κ1) is 22.0. The van der Waals surface area contributed by atoms with Crippen LogP contribution in [0.25, 0.3) is 0 Å². The minimum atomic E-state index is -0.107. The van der Waals surface area contributed by atoms with E-state index in [0.29, 0.717) is 25.6 Å². The van der Waals surface area contributed by atoms with Crippen LogP contribution in [0.15, 0.2) is 47.6 Å². The van der Waals surface area contributed by atoms with Gasteiger partial charge >= 0.3 is 0 Å². The molecule has 1 atom stereocenters. The number of ether oxygens (including phenoxy) is 1. The molecular weight excluding hydrogens is 374 g/mol. The molecule has 30 heavy (non-hydrogen) atoms. The molecule has 0 aromatic heterocycles. The van der Waals surface area contributed by atoms with E-state index in [2.05, 4.69) is 45.9 Å². The van der Waals surface area contributed by atoms with Crippen LogP contribution in [-0.2, 0) is 4.79 Å². The highest BCUT2D eigenvalue weighted by atomic mass is 16.5. The number of hydrogen-bond donors (Lipinski definition) is 0. The largest absolute Gasteiger partial charge is 0.494 e. The molecule has 3 rings (SSSR count). The summed E-state index contributed by atoms with van der Waals surface area (Å²) in [5, 5.41) is 6.50. The summed E-state index contributed by atoms with van der Waals surface area (Å²) in [5.41, 5.74) is 5.57. The van der Waals surface area contributed by atoms with Crippen LogP contribution >= 0.6 is 0 Å². The van der Waals surface area contributed by atoms with Crippen LogP contribution in [0.1, 0.15) is 55.5 Å². The molecule has 0 radical (unpaired) electrons. The maximum Gasteiger partial charge on any atom is 0.257 e. The first-order valence-corrected chi connectivity index (χ1v) is 10.7. The molecule has 0 bridgehead atoms. The van der Waals surface area contributed by atoms with Crippen molar-refractivity contribution in [3.05, 3.63) is 64.7 Å². The second kappa shape index (κ2) is 9.43. The fourth-order valence-corrected chi connectivity index (χ4v) is 3.72. The van der Waals surface area contributed by atoms with Gasteiger partial charge in [-0.15, -0.1) is 0 Å². The van der Waals surface area contributed by atoms with Gasteiger partial charge in [0, 0.05) is 18.0 Å². The summed E-state index contributed by atoms with van der Waals surface area (Å²) in [6.45, 7) is 11.3. The third-order valence-electron chi connectivity index (χ3n) is 5.70. The summed E-state index contributed by atoms with van der Waals surface area (Å²) in [7, 11) is 1.97. The Morgan fingerprint density at radius 1 is 1.20 bits per heavy atom. The average Bonchev–Trinajstić information content (AvgIpc) is 3.14. The lowest BCUT2D eigenvalue weighted by molar-refractivity contribution is -0.134. The summed E-state index contributed by atoms with van der Waals surface area (Å²) in [4.78, 5) is 15.2. The SMILES string of the molecule is CCOc1ccc([C@@H]2CC(c3ccc(C)cc3C)=NN2C(=O)CN(C)C(C)C)cc1. The van der Waals surface area contributed by atoms with E-state index >= 15 is 0 Å². The molecule has 1 aliphatic heterocycles. The molecule has 1 heterocycles. The Morgan fingerprint density at radius 2 is 1.90 bits per heavy atom. The first-order chi connectivity index (χ1) is 14.3. The highest BCUT2D eigenvalue weighted by molar-refractivity contribution is 6.04. The van der Waals surface area contributed by atoms with Crippen molar-refractivity contribution in [2.45, 2.75) is 53.1 Å². The van der Waals surface area contributed by atoms with Crippen molar-refractivity contribution >= 4 is 11.6 Å². The van der Waals surface area contributed by atoms with Gasteiger partial charge in [-0.2, -0.15) is 5.10 Å². The van der Waals surface area contributed by atoms with Crippen LogP contribution in [0, 0.1) is 13.8 Å². The molecule has 1 amide bonds. The Labute approximate surface area is 180 Å². The number of carbonyl (C=O) groups is 1. The van der Waals surface area contributed by atoms with E-state index in [4.69, 9.17) is 9.84 Å². The second-order valence-electron chi connectivity index (χ2n) is 8.33. The molecule has 0 spiro atoms. The third-order valence-corrected chi connectivity index (χ3v) is 5.70. The average molecular weight is 408 g/mol. The zero-order valence-corrected chi connectivity index (χ0v) is 19.0. The molecular formula is C25H33N3O2. The number of benzene rings is 2. The Balaban J connectivity index is 1.92. The summed E-state index contributed by atoms with van der Waals surface area (Å²) in [6.07, 6.45) is 0.703. The maximum atomic E-state index is 13.2. The molecule has 2 aromatic rings. The van der Waals surface area contributed by atoms with Crippen molar-refractivity contribution in [1.29, 1.82) is 0 Å². The predicted octanol–water partition coefficient (Wildman–Crippen LogP) is 4.72. The van der Waals surface area contributed by atoms with Gasteiger partial charge in [-0.3, -0.25) is 9.69 Å². The van der Waals surface area contributed by atoms with Gasteiger partial charge in [0.05, 0.1) is 24.9 Å². The fourth-order valence-electron chi connectivity index (χ4n) is 3.72. The minimum Gasteiger partial charge on any atom is -0.494 e. The molecule has 5 nitrogen and oxygen atoms in total. The van der Waals surface area contributed by atoms with E-state index in [1.807, 2.05) is 43.1 Å². The molecule has 5 heteroatoms. The molecule has 0 aliphatic carbocycles. The van der Waals surface area contributed by atoms with Gasteiger partial charge in [0.2, 0.25) is 0 Å². The van der Waals surface area contributed by atoms with Crippen molar-refractivity contribution in [2.75, 3.05) is 20.2 Å². The highest BCUT2D eigenvalue weighted by Gasteiger charge is 2.34. The number of hydrazone groups is 1. The quantitative estimate of drug-likeness (QED) is 0.667. The van der Waals surface area contributed by atoms with Gasteiger partial charge < -0.3 is 4.74 Å². The van der Waals surface area contributed by atoms with Gasteiger partial charge in [0.25, 0.3) is 5.91 Å². The van der Waals surface area contributed by atoms with E-state index in [1.165, 1.54) is 11.1 Å². The van der Waals surface area contributed by atoms with Crippen LogP contribution in [0.4, 0.5) is 0 Å². The minimum absolute atomic E-state index is 0.0184. The van der Waals surface area contributed by atoms with Crippen LogP contribution in [0.2, 0.25) is 0 Å². The summed E-state index contributed by atoms with van der Waals surface area (Å²) in [6, 6.07) is 14.6. The van der Waals surface area contributed by atoms with E-state index < -0.39 is 0 Å². The normalized spacial score (nSPS) is 16.3. The van der Waals surface area contributed by atoms with Crippen molar-refractivity contribution in [3.8, 4) is 5.75 Å². The Bertz CT molecular complexity index is 918. The van der Waals surface area contributed by atoms with Gasteiger partial charge in [-0.25, -0.2) is 5.01 Å². The summed E-state index contributed by atoms with van der Waals surface area (Å²) < 4.78 is 5.58. The molecule has 1 aliphatic rings. The van der Waals surface area contributed by atoms with Crippen LogP contribution < -0.4 is 4.74 Å². The highest BCUT2D eigenvalue weighted by Crippen LogP contribution is 2.34. The molecule has 0 saturated heterocycles. The molecule has 2 aromatic carbocycles. The summed E-state index contributed by atoms with van der Waals surface area (Å²) in [5.74, 6) is 0.858. The summed E-state index contributed by atoms with van der Waals surface area (Å²) >= 11 is 0. The lowest BCUT2D eigenvalue weighted by atomic mass is 9.95. The Kier molecular flexibility index (Phi) is 6.93. The number of aryl methyl sites for hydroxylation is 2. The Morgan fingerprint density at radius 3 is 2.50 bits per heavy atom. The van der Waals surface area contributed by atoms with E-state index in [9.17, 15) is 4.79 Å². The zero-order chi connectivity index (χ0) is 21.8. The standard InChI is InChI=1S/C25H33N3O2/c1-7-30-21-11-9-20(10-12-21)24-15-23(22-13-8-18(4)14-19(22)5)26-28(24)25(29)16-27(6)17(2)3/h8-14,17,24H,7,15-16H2,1-6H3/t24-/m0/s1. The van der Waals surface area contributed by atoms with E-state index in [1.54, 1.807) is 5.01 Å². The molecule has 0 saturated carbocycles. The monoisotopic (exact) mass is 407 g/mol. The first-order valence-electron chi connectivity index (χ1n) is 10.7. The van der Waals surface area contributed by atoms with Crippen LogP contribution in [-0.4, -0.2) is 47.8 Å². The van der Waals surface area contributed by atoms with Crippen molar-refractivity contribution in [2.24, 2.45) is 5.10 Å². The third kappa shape index (κ3) is 4.90. The predicted molar refractivity (Wildman–Crippen MR) is 122 cm³/mol. The number of rotatable bonds is 7. The second-order valence-corrected chi connectivity index (χ2v) is 8.33. The maximum absolute atomic E-state index is 13.2. The lowest BCUT2D eigenvalue weighted by Crippen LogP contribution is -2.39. The Hall–Kier alpha value is -2.66. The van der Waals surface area contributed by atoms with Crippen molar-refractivity contribution < 1.29 is 9.53 Å². The van der Waals surface area contributed by atoms with Gasteiger partial charge in [0.1, 0.15) is 5.75 Å². The zero-order valence-electron chi connectivity index (χ0n) is 19.0. The van der Waals surface area contributed by atoms with Crippen LogP contribution in [0.3, 0.4) is 0 Å². The van der Waals surface area contributed by atoms with Gasteiger partial charge in [0.15, 0.2) is 0 Å². The van der Waals surface area contributed by atoms with Crippen molar-refractivity contribution in [1.82, 2.24) is 9.91 Å². The molecule has 0 fully saturated rings. The lowest BCUT2D eigenvalue weighted by Gasteiger charge is -2.26. The van der Waals surface area contributed by atoms with E-state index in [0.717, 1.165) is 22.6 Å². The van der Waals surface area contributed by atoms with Gasteiger partial charge in [-0.05, 0) is 64.9 Å². The number of hydrogen-bond acceptors (Lipinski definition) is 4. The smallest absolute Gasteiger partial charge is 0.257 e. The fraction of sp³-hybridized carbons (Fsp3) is 0.440.